The van der Waals surface area contributed by atoms with Gasteiger partial charge in [-0.15, -0.1) is 0 Å². The van der Waals surface area contributed by atoms with Gasteiger partial charge in [0.2, 0.25) is 0 Å². The molecule has 0 aliphatic rings. The molecule has 1 N–H and O–H groups in total. The average Bonchev–Trinajstić information content (AvgIpc) is 3.42. The van der Waals surface area contributed by atoms with Gasteiger partial charge in [-0.3, -0.25) is 9.36 Å². The second kappa shape index (κ2) is 7.93. The van der Waals surface area contributed by atoms with E-state index in [1.165, 1.54) is 6.33 Å². The highest BCUT2D eigenvalue weighted by Gasteiger charge is 2.12. The summed E-state index contributed by atoms with van der Waals surface area (Å²) in [5, 5.41) is 6.64. The first-order valence-corrected chi connectivity index (χ1v) is 8.84. The predicted molar refractivity (Wildman–Crippen MR) is 104 cm³/mol. The van der Waals surface area contributed by atoms with Crippen LogP contribution in [-0.2, 0) is 6.54 Å². The fraction of sp³-hybridized carbons (Fsp3) is 0.150. The molecule has 0 saturated carbocycles. The van der Waals surface area contributed by atoms with Crippen molar-refractivity contribution in [3.63, 3.8) is 0 Å². The summed E-state index contributed by atoms with van der Waals surface area (Å²) in [7, 11) is 1.60. The highest BCUT2D eigenvalue weighted by atomic mass is 16.5. The van der Waals surface area contributed by atoms with Crippen molar-refractivity contribution in [1.29, 1.82) is 0 Å². The minimum Gasteiger partial charge on any atom is -0.497 e. The fourth-order valence-electron chi connectivity index (χ4n) is 2.73. The lowest BCUT2D eigenvalue weighted by Crippen LogP contribution is -2.23. The van der Waals surface area contributed by atoms with E-state index in [2.05, 4.69) is 25.4 Å². The third-order valence-electron chi connectivity index (χ3n) is 4.19. The molecule has 1 aromatic carbocycles. The topological polar surface area (TPSA) is 108 Å². The van der Waals surface area contributed by atoms with Gasteiger partial charge in [0.1, 0.15) is 23.6 Å². The number of aromatic nitrogens is 5. The minimum absolute atomic E-state index is 0.282. The molecule has 0 spiro atoms. The molecule has 0 unspecified atom stereocenters. The van der Waals surface area contributed by atoms with E-state index in [0.717, 1.165) is 16.9 Å². The third-order valence-corrected chi connectivity index (χ3v) is 4.19. The predicted octanol–water partition coefficient (Wildman–Crippen LogP) is 2.56. The Morgan fingerprint density at radius 1 is 1.24 bits per heavy atom. The molecular weight excluding hydrogens is 372 g/mol. The number of pyridine rings is 1. The van der Waals surface area contributed by atoms with Gasteiger partial charge in [-0.25, -0.2) is 9.97 Å². The third kappa shape index (κ3) is 4.13. The molecule has 0 bridgehead atoms. The number of hydrogen-bond donors (Lipinski definition) is 1. The van der Waals surface area contributed by atoms with Gasteiger partial charge in [0.05, 0.1) is 7.11 Å². The number of hydrogen-bond acceptors (Lipinski definition) is 7. The SMILES string of the molecule is COc1cccc(CNC(=O)c2cn(-c3cc(-c4nc(C)no4)ccn3)cn2)c1. The van der Waals surface area contributed by atoms with Crippen LogP contribution in [0.5, 0.6) is 5.75 Å². The Morgan fingerprint density at radius 2 is 2.14 bits per heavy atom. The molecule has 0 radical (unpaired) electrons. The van der Waals surface area contributed by atoms with Crippen LogP contribution in [-0.4, -0.2) is 37.7 Å². The quantitative estimate of drug-likeness (QED) is 0.539. The Bertz CT molecular complexity index is 1150. The van der Waals surface area contributed by atoms with E-state index in [4.69, 9.17) is 9.26 Å². The first kappa shape index (κ1) is 18.4. The summed E-state index contributed by atoms with van der Waals surface area (Å²) in [5.74, 6) is 2.00. The van der Waals surface area contributed by atoms with Gasteiger partial charge >= 0.3 is 0 Å². The zero-order chi connectivity index (χ0) is 20.2. The number of nitrogens with zero attached hydrogens (tertiary/aromatic N) is 5. The Kier molecular flexibility index (Phi) is 5.02. The lowest BCUT2D eigenvalue weighted by molar-refractivity contribution is 0.0946. The molecule has 3 aromatic heterocycles. The average molecular weight is 390 g/mol. The first-order chi connectivity index (χ1) is 14.1. The number of rotatable bonds is 6. The van der Waals surface area contributed by atoms with Crippen molar-refractivity contribution in [3.8, 4) is 23.0 Å². The maximum atomic E-state index is 12.4. The van der Waals surface area contributed by atoms with Gasteiger partial charge in [0, 0.05) is 24.5 Å². The lowest BCUT2D eigenvalue weighted by atomic mass is 10.2. The van der Waals surface area contributed by atoms with Crippen molar-refractivity contribution in [2.45, 2.75) is 13.5 Å². The molecule has 9 nitrogen and oxygen atoms in total. The summed E-state index contributed by atoms with van der Waals surface area (Å²) in [6, 6.07) is 11.1. The van der Waals surface area contributed by atoms with E-state index in [0.29, 0.717) is 24.1 Å². The molecule has 0 fully saturated rings. The van der Waals surface area contributed by atoms with Crippen LogP contribution in [0, 0.1) is 6.92 Å². The standard InChI is InChI=1S/C20H18N6O3/c1-13-24-20(29-25-13)15-6-7-21-18(9-15)26-11-17(23-12-26)19(27)22-10-14-4-3-5-16(8-14)28-2/h3-9,11-12H,10H2,1-2H3,(H,22,27). The number of nitrogens with one attached hydrogen (secondary N) is 1. The molecule has 4 rings (SSSR count). The van der Waals surface area contributed by atoms with Gasteiger partial charge in [-0.2, -0.15) is 4.98 Å². The van der Waals surface area contributed by atoms with Gasteiger partial charge in [0.25, 0.3) is 11.8 Å². The zero-order valence-electron chi connectivity index (χ0n) is 15.9. The smallest absolute Gasteiger partial charge is 0.271 e. The van der Waals surface area contributed by atoms with Crippen molar-refractivity contribution in [2.24, 2.45) is 0 Å². The molecule has 0 aliphatic carbocycles. The zero-order valence-corrected chi connectivity index (χ0v) is 15.9. The largest absolute Gasteiger partial charge is 0.497 e. The molecule has 146 valence electrons. The summed E-state index contributed by atoms with van der Waals surface area (Å²) in [5.41, 5.74) is 1.95. The summed E-state index contributed by atoms with van der Waals surface area (Å²) >= 11 is 0. The van der Waals surface area contributed by atoms with Crippen molar-refractivity contribution in [1.82, 2.24) is 30.0 Å². The summed E-state index contributed by atoms with van der Waals surface area (Å²) in [6.45, 7) is 2.12. The van der Waals surface area contributed by atoms with Crippen LogP contribution in [0.4, 0.5) is 0 Å². The number of aryl methyl sites for hydroxylation is 1. The molecule has 4 aromatic rings. The molecule has 1 amide bonds. The van der Waals surface area contributed by atoms with Gasteiger partial charge in [-0.1, -0.05) is 17.3 Å². The number of imidazole rings is 1. The molecule has 0 saturated heterocycles. The van der Waals surface area contributed by atoms with Gasteiger partial charge in [-0.05, 0) is 36.8 Å². The molecular formula is C20H18N6O3. The summed E-state index contributed by atoms with van der Waals surface area (Å²) in [4.78, 5) is 25.1. The van der Waals surface area contributed by atoms with Crippen LogP contribution in [0.3, 0.4) is 0 Å². The van der Waals surface area contributed by atoms with E-state index < -0.39 is 0 Å². The normalized spacial score (nSPS) is 10.7. The molecule has 9 heteroatoms. The maximum absolute atomic E-state index is 12.4. The van der Waals surface area contributed by atoms with Crippen molar-refractivity contribution >= 4 is 5.91 Å². The number of benzene rings is 1. The monoisotopic (exact) mass is 390 g/mol. The molecule has 29 heavy (non-hydrogen) atoms. The van der Waals surface area contributed by atoms with Crippen LogP contribution in [0.1, 0.15) is 21.9 Å². The number of carbonyl (C=O) groups is 1. The van der Waals surface area contributed by atoms with Crippen molar-refractivity contribution < 1.29 is 14.1 Å². The molecule has 3 heterocycles. The van der Waals surface area contributed by atoms with E-state index >= 15 is 0 Å². The lowest BCUT2D eigenvalue weighted by Gasteiger charge is -2.05. The second-order valence-electron chi connectivity index (χ2n) is 6.25. The van der Waals surface area contributed by atoms with Gasteiger partial charge in [0.15, 0.2) is 5.82 Å². The fourth-order valence-corrected chi connectivity index (χ4v) is 2.73. The Balaban J connectivity index is 1.47. The number of methoxy groups -OCH3 is 1. The second-order valence-corrected chi connectivity index (χ2v) is 6.25. The van der Waals surface area contributed by atoms with Crippen LogP contribution in [0.15, 0.2) is 59.6 Å². The van der Waals surface area contributed by atoms with Crippen molar-refractivity contribution in [2.75, 3.05) is 7.11 Å². The number of ether oxygens (including phenoxy) is 1. The van der Waals surface area contributed by atoms with Crippen molar-refractivity contribution in [3.05, 3.63) is 72.2 Å². The summed E-state index contributed by atoms with van der Waals surface area (Å²) in [6.07, 6.45) is 4.78. The van der Waals surface area contributed by atoms with Crippen LogP contribution >= 0.6 is 0 Å². The van der Waals surface area contributed by atoms with Crippen LogP contribution in [0.25, 0.3) is 17.3 Å². The Labute approximate surface area is 166 Å². The Morgan fingerprint density at radius 3 is 2.93 bits per heavy atom. The van der Waals surface area contributed by atoms with Gasteiger partial charge < -0.3 is 14.6 Å². The van der Waals surface area contributed by atoms with Crippen LogP contribution in [0.2, 0.25) is 0 Å². The maximum Gasteiger partial charge on any atom is 0.271 e. The highest BCUT2D eigenvalue weighted by Crippen LogP contribution is 2.19. The summed E-state index contributed by atoms with van der Waals surface area (Å²) < 4.78 is 12.0. The first-order valence-electron chi connectivity index (χ1n) is 8.84. The molecule has 0 atom stereocenters. The number of carbonyl (C=O) groups excluding carboxylic acids is 1. The van der Waals surface area contributed by atoms with E-state index in [-0.39, 0.29) is 11.6 Å². The minimum atomic E-state index is -0.282. The number of amides is 1. The highest BCUT2D eigenvalue weighted by molar-refractivity contribution is 5.92. The Hall–Kier alpha value is -4.01. The van der Waals surface area contributed by atoms with Crippen LogP contribution < -0.4 is 10.1 Å². The van der Waals surface area contributed by atoms with E-state index in [9.17, 15) is 4.79 Å². The molecule has 0 aliphatic heterocycles. The van der Waals surface area contributed by atoms with E-state index in [1.54, 1.807) is 43.1 Å². The van der Waals surface area contributed by atoms with E-state index in [1.807, 2.05) is 24.3 Å².